The Bertz CT molecular complexity index is 1160. The molecule has 0 aliphatic heterocycles. The first-order chi connectivity index (χ1) is 14.4. The lowest BCUT2D eigenvalue weighted by Crippen LogP contribution is -2.05. The van der Waals surface area contributed by atoms with E-state index in [0.29, 0.717) is 28.0 Å². The van der Waals surface area contributed by atoms with Gasteiger partial charge in [0.1, 0.15) is 23.3 Å². The molecule has 154 valence electrons. The SMILES string of the molecule is OCC(O)c1nn(-c2ccc(Oc3ccc(C(F)(F)F)cc3)cc2)c2cnccc12. The second-order valence-electron chi connectivity index (χ2n) is 6.51. The summed E-state index contributed by atoms with van der Waals surface area (Å²) in [6, 6.07) is 12.9. The highest BCUT2D eigenvalue weighted by Gasteiger charge is 2.30. The average Bonchev–Trinajstić information content (AvgIpc) is 3.13. The zero-order chi connectivity index (χ0) is 21.3. The summed E-state index contributed by atoms with van der Waals surface area (Å²) in [6.45, 7) is -0.464. The van der Waals surface area contributed by atoms with E-state index < -0.39 is 24.5 Å². The summed E-state index contributed by atoms with van der Waals surface area (Å²) >= 11 is 0. The van der Waals surface area contributed by atoms with Gasteiger partial charge in [0, 0.05) is 11.6 Å². The van der Waals surface area contributed by atoms with Gasteiger partial charge < -0.3 is 14.9 Å². The van der Waals surface area contributed by atoms with Crippen molar-refractivity contribution in [1.82, 2.24) is 14.8 Å². The molecule has 0 saturated carbocycles. The molecule has 1 atom stereocenters. The maximum atomic E-state index is 12.7. The van der Waals surface area contributed by atoms with E-state index in [1.807, 2.05) is 0 Å². The van der Waals surface area contributed by atoms with Gasteiger partial charge in [0.15, 0.2) is 0 Å². The van der Waals surface area contributed by atoms with Crippen molar-refractivity contribution in [2.75, 3.05) is 6.61 Å². The predicted octanol–water partition coefficient (Wildman–Crippen LogP) is 4.26. The zero-order valence-electron chi connectivity index (χ0n) is 15.4. The van der Waals surface area contributed by atoms with Crippen LogP contribution in [0.25, 0.3) is 16.6 Å². The Morgan fingerprint density at radius 2 is 1.60 bits per heavy atom. The molecule has 4 rings (SSSR count). The lowest BCUT2D eigenvalue weighted by atomic mass is 10.2. The smallest absolute Gasteiger partial charge is 0.416 e. The van der Waals surface area contributed by atoms with Crippen molar-refractivity contribution in [2.45, 2.75) is 12.3 Å². The van der Waals surface area contributed by atoms with Crippen molar-refractivity contribution >= 4 is 10.9 Å². The molecule has 6 nitrogen and oxygen atoms in total. The van der Waals surface area contributed by atoms with E-state index in [2.05, 4.69) is 10.1 Å². The molecule has 2 aromatic heterocycles. The second-order valence-corrected chi connectivity index (χ2v) is 6.51. The Balaban J connectivity index is 1.60. The second kappa shape index (κ2) is 7.77. The van der Waals surface area contributed by atoms with Crippen LogP contribution in [0.15, 0.2) is 67.0 Å². The molecule has 4 aromatic rings. The highest BCUT2D eigenvalue weighted by Crippen LogP contribution is 2.32. The quantitative estimate of drug-likeness (QED) is 0.509. The Kier molecular flexibility index (Phi) is 5.15. The standard InChI is InChI=1S/C21H16F3N3O3/c22-21(23,24)13-1-5-15(6-2-13)30-16-7-3-14(4-8-16)27-18-11-25-10-9-17(18)20(26-27)19(29)12-28/h1-11,19,28-29H,12H2. The van der Waals surface area contributed by atoms with E-state index in [9.17, 15) is 23.4 Å². The molecule has 2 aromatic carbocycles. The number of rotatable bonds is 5. The van der Waals surface area contributed by atoms with E-state index in [0.717, 1.165) is 12.1 Å². The Morgan fingerprint density at radius 1 is 0.967 bits per heavy atom. The number of fused-ring (bicyclic) bond motifs is 1. The zero-order valence-corrected chi connectivity index (χ0v) is 15.4. The lowest BCUT2D eigenvalue weighted by molar-refractivity contribution is -0.137. The van der Waals surface area contributed by atoms with Crippen molar-refractivity contribution in [3.05, 3.63) is 78.2 Å². The Labute approximate surface area is 168 Å². The number of benzene rings is 2. The van der Waals surface area contributed by atoms with Gasteiger partial charge in [-0.25, -0.2) is 4.68 Å². The molecule has 0 bridgehead atoms. The summed E-state index contributed by atoms with van der Waals surface area (Å²) in [4.78, 5) is 4.09. The molecule has 0 spiro atoms. The number of nitrogens with zero attached hydrogens (tertiary/aromatic N) is 3. The highest BCUT2D eigenvalue weighted by atomic mass is 19.4. The number of ether oxygens (including phenoxy) is 1. The number of aliphatic hydroxyl groups excluding tert-OH is 2. The molecule has 0 fully saturated rings. The summed E-state index contributed by atoms with van der Waals surface area (Å²) in [7, 11) is 0. The van der Waals surface area contributed by atoms with Crippen molar-refractivity contribution < 1.29 is 28.1 Å². The van der Waals surface area contributed by atoms with Crippen molar-refractivity contribution in [3.63, 3.8) is 0 Å². The normalized spacial score (nSPS) is 12.8. The van der Waals surface area contributed by atoms with Crippen LogP contribution >= 0.6 is 0 Å². The molecule has 30 heavy (non-hydrogen) atoms. The van der Waals surface area contributed by atoms with Crippen LogP contribution in [0.3, 0.4) is 0 Å². The number of pyridine rings is 1. The maximum absolute atomic E-state index is 12.7. The van der Waals surface area contributed by atoms with E-state index in [-0.39, 0.29) is 5.75 Å². The first-order valence-corrected chi connectivity index (χ1v) is 8.94. The van der Waals surface area contributed by atoms with Crippen LogP contribution in [0.4, 0.5) is 13.2 Å². The van der Waals surface area contributed by atoms with Crippen LogP contribution in [-0.2, 0) is 6.18 Å². The molecular formula is C21H16F3N3O3. The summed E-state index contributed by atoms with van der Waals surface area (Å²) in [5.74, 6) is 0.710. The maximum Gasteiger partial charge on any atom is 0.416 e. The third kappa shape index (κ3) is 3.85. The Morgan fingerprint density at radius 3 is 2.20 bits per heavy atom. The van der Waals surface area contributed by atoms with Gasteiger partial charge in [-0.15, -0.1) is 0 Å². The molecule has 2 heterocycles. The van der Waals surface area contributed by atoms with Gasteiger partial charge in [-0.1, -0.05) is 0 Å². The molecule has 1 unspecified atom stereocenters. The Hall–Kier alpha value is -3.43. The number of aliphatic hydroxyl groups is 2. The molecule has 9 heteroatoms. The van der Waals surface area contributed by atoms with Crippen LogP contribution in [-0.4, -0.2) is 31.6 Å². The van der Waals surface area contributed by atoms with E-state index in [1.165, 1.54) is 12.1 Å². The number of hydrogen-bond donors (Lipinski definition) is 2. The molecular weight excluding hydrogens is 399 g/mol. The van der Waals surface area contributed by atoms with Crippen LogP contribution in [0.5, 0.6) is 11.5 Å². The molecule has 0 aliphatic rings. The minimum absolute atomic E-state index is 0.276. The first kappa shape index (κ1) is 19.9. The summed E-state index contributed by atoms with van der Waals surface area (Å²) in [5, 5.41) is 24.4. The summed E-state index contributed by atoms with van der Waals surface area (Å²) in [5.41, 5.74) is 0.894. The van der Waals surface area contributed by atoms with E-state index in [1.54, 1.807) is 47.4 Å². The average molecular weight is 415 g/mol. The van der Waals surface area contributed by atoms with E-state index in [4.69, 9.17) is 4.74 Å². The fraction of sp³-hybridized carbons (Fsp3) is 0.143. The summed E-state index contributed by atoms with van der Waals surface area (Å²) in [6.07, 6.45) is -2.35. The first-order valence-electron chi connectivity index (χ1n) is 8.94. The third-order valence-electron chi connectivity index (χ3n) is 4.50. The van der Waals surface area contributed by atoms with E-state index >= 15 is 0 Å². The van der Waals surface area contributed by atoms with Gasteiger partial charge in [0.25, 0.3) is 0 Å². The van der Waals surface area contributed by atoms with Gasteiger partial charge in [-0.05, 0) is 54.6 Å². The number of halogens is 3. The van der Waals surface area contributed by atoms with Gasteiger partial charge in [-0.3, -0.25) is 4.98 Å². The number of hydrogen-bond acceptors (Lipinski definition) is 5. The number of aromatic nitrogens is 3. The number of alkyl halides is 3. The van der Waals surface area contributed by atoms with Crippen molar-refractivity contribution in [2.24, 2.45) is 0 Å². The minimum atomic E-state index is -4.40. The van der Waals surface area contributed by atoms with Crippen LogP contribution in [0, 0.1) is 0 Å². The van der Waals surface area contributed by atoms with Gasteiger partial charge in [0.2, 0.25) is 0 Å². The van der Waals surface area contributed by atoms with Crippen LogP contribution < -0.4 is 4.74 Å². The van der Waals surface area contributed by atoms with Crippen LogP contribution in [0.1, 0.15) is 17.4 Å². The lowest BCUT2D eigenvalue weighted by Gasteiger charge is -2.10. The fourth-order valence-electron chi connectivity index (χ4n) is 3.02. The minimum Gasteiger partial charge on any atom is -0.457 e. The predicted molar refractivity (Wildman–Crippen MR) is 102 cm³/mol. The van der Waals surface area contributed by atoms with Gasteiger partial charge >= 0.3 is 6.18 Å². The largest absolute Gasteiger partial charge is 0.457 e. The fourth-order valence-corrected chi connectivity index (χ4v) is 3.02. The van der Waals surface area contributed by atoms with Crippen molar-refractivity contribution in [3.8, 4) is 17.2 Å². The topological polar surface area (TPSA) is 80.4 Å². The molecule has 0 aliphatic carbocycles. The monoisotopic (exact) mass is 415 g/mol. The van der Waals surface area contributed by atoms with Crippen LogP contribution in [0.2, 0.25) is 0 Å². The third-order valence-corrected chi connectivity index (χ3v) is 4.50. The van der Waals surface area contributed by atoms with Crippen molar-refractivity contribution in [1.29, 1.82) is 0 Å². The molecule has 0 saturated heterocycles. The molecule has 0 amide bonds. The molecule has 0 radical (unpaired) electrons. The highest BCUT2D eigenvalue weighted by molar-refractivity contribution is 5.83. The van der Waals surface area contributed by atoms with Gasteiger partial charge in [-0.2, -0.15) is 18.3 Å². The summed E-state index contributed by atoms with van der Waals surface area (Å²) < 4.78 is 45.1. The van der Waals surface area contributed by atoms with Gasteiger partial charge in [0.05, 0.1) is 29.6 Å². The molecule has 2 N–H and O–H groups in total.